The van der Waals surface area contributed by atoms with E-state index in [1.54, 1.807) is 42.5 Å². The number of anilines is 1. The van der Waals surface area contributed by atoms with Crippen molar-refractivity contribution in [3.05, 3.63) is 99.2 Å². The summed E-state index contributed by atoms with van der Waals surface area (Å²) in [5.74, 6) is 0.116. The summed E-state index contributed by atoms with van der Waals surface area (Å²) in [6, 6.07) is 14.5. The lowest BCUT2D eigenvalue weighted by atomic mass is 9.97. The quantitative estimate of drug-likeness (QED) is 0.248. The van der Waals surface area contributed by atoms with Gasteiger partial charge in [0.25, 0.3) is 5.91 Å². The molecule has 1 aliphatic rings. The summed E-state index contributed by atoms with van der Waals surface area (Å²) >= 11 is 0. The van der Waals surface area contributed by atoms with E-state index in [-0.39, 0.29) is 28.1 Å². The van der Waals surface area contributed by atoms with Gasteiger partial charge in [0.2, 0.25) is 5.76 Å². The molecule has 4 aromatic rings. The van der Waals surface area contributed by atoms with Gasteiger partial charge in [0.05, 0.1) is 30.7 Å². The van der Waals surface area contributed by atoms with E-state index in [4.69, 9.17) is 13.9 Å². The second-order valence-corrected chi connectivity index (χ2v) is 9.94. The van der Waals surface area contributed by atoms with Gasteiger partial charge >= 0.3 is 0 Å². The van der Waals surface area contributed by atoms with Crippen LogP contribution in [0.3, 0.4) is 0 Å². The number of halogens is 1. The highest BCUT2D eigenvalue weighted by Gasteiger charge is 2.44. The molecule has 0 saturated carbocycles. The van der Waals surface area contributed by atoms with Gasteiger partial charge in [-0.2, -0.15) is 0 Å². The molecule has 0 N–H and O–H groups in total. The van der Waals surface area contributed by atoms with Gasteiger partial charge in [0.1, 0.15) is 11.4 Å². The van der Waals surface area contributed by atoms with Crippen molar-refractivity contribution in [2.24, 2.45) is 5.92 Å². The number of fused-ring (bicyclic) bond motifs is 2. The van der Waals surface area contributed by atoms with Crippen molar-refractivity contribution in [2.75, 3.05) is 18.6 Å². The molecule has 0 radical (unpaired) electrons. The normalized spacial score (nSPS) is 14.7. The highest BCUT2D eigenvalue weighted by Crippen LogP contribution is 2.43. The molecule has 0 aliphatic carbocycles. The van der Waals surface area contributed by atoms with Gasteiger partial charge in [0, 0.05) is 11.3 Å². The number of methoxy groups -OCH3 is 1. The van der Waals surface area contributed by atoms with Crippen LogP contribution in [0.5, 0.6) is 11.5 Å². The third-order valence-electron chi connectivity index (χ3n) is 6.84. The Balaban J connectivity index is 1.68. The maximum Gasteiger partial charge on any atom is 0.295 e. The molecule has 2 heterocycles. The number of hydrogen-bond donors (Lipinski definition) is 0. The summed E-state index contributed by atoms with van der Waals surface area (Å²) in [4.78, 5) is 40.8. The Labute approximate surface area is 224 Å². The van der Waals surface area contributed by atoms with Crippen LogP contribution < -0.4 is 19.8 Å². The van der Waals surface area contributed by atoms with Crippen LogP contribution in [-0.4, -0.2) is 25.4 Å². The fourth-order valence-electron chi connectivity index (χ4n) is 4.76. The van der Waals surface area contributed by atoms with Crippen LogP contribution in [0.2, 0.25) is 0 Å². The van der Waals surface area contributed by atoms with Crippen molar-refractivity contribution in [3.63, 3.8) is 0 Å². The van der Waals surface area contributed by atoms with Crippen molar-refractivity contribution < 1.29 is 27.9 Å². The van der Waals surface area contributed by atoms with Gasteiger partial charge in [-0.3, -0.25) is 19.3 Å². The number of ether oxygens (including phenoxy) is 2. The van der Waals surface area contributed by atoms with E-state index in [2.05, 4.69) is 13.8 Å². The molecular weight excluding hydrogens is 501 g/mol. The summed E-state index contributed by atoms with van der Waals surface area (Å²) in [6.07, 6.45) is 0.865. The first-order valence-electron chi connectivity index (χ1n) is 12.7. The topological polar surface area (TPSA) is 86.0 Å². The first kappa shape index (κ1) is 26.2. The fraction of sp³-hybridized carbons (Fsp3) is 0.258. The highest BCUT2D eigenvalue weighted by molar-refractivity contribution is 6.11. The Hall–Kier alpha value is -4.46. The molecule has 200 valence electrons. The maximum atomic E-state index is 14.1. The zero-order valence-corrected chi connectivity index (χ0v) is 22.1. The first-order chi connectivity index (χ1) is 18.7. The Morgan fingerprint density at radius 2 is 1.77 bits per heavy atom. The molecule has 1 amide bonds. The molecule has 1 aromatic heterocycles. The monoisotopic (exact) mass is 529 g/mol. The van der Waals surface area contributed by atoms with Crippen molar-refractivity contribution in [2.45, 2.75) is 33.2 Å². The number of amides is 1. The van der Waals surface area contributed by atoms with E-state index in [1.807, 2.05) is 0 Å². The number of nitrogens with zero attached hydrogens (tertiary/aromatic N) is 1. The van der Waals surface area contributed by atoms with Gasteiger partial charge in [-0.25, -0.2) is 4.39 Å². The van der Waals surface area contributed by atoms with Gasteiger partial charge in [-0.05, 0) is 79.4 Å². The average Bonchev–Trinajstić information content (AvgIpc) is 3.21. The minimum Gasteiger partial charge on any atom is -0.493 e. The number of carbonyl (C=O) groups excluding carboxylic acids is 2. The number of rotatable bonds is 8. The van der Waals surface area contributed by atoms with Gasteiger partial charge in [0.15, 0.2) is 22.7 Å². The van der Waals surface area contributed by atoms with Crippen molar-refractivity contribution in [3.8, 4) is 11.5 Å². The fourth-order valence-corrected chi connectivity index (χ4v) is 4.76. The minimum absolute atomic E-state index is 0.0425. The molecule has 1 unspecified atom stereocenters. The Morgan fingerprint density at radius 3 is 2.44 bits per heavy atom. The van der Waals surface area contributed by atoms with Crippen LogP contribution in [0.15, 0.2) is 69.9 Å². The van der Waals surface area contributed by atoms with Gasteiger partial charge in [-0.1, -0.05) is 19.9 Å². The Kier molecular flexibility index (Phi) is 6.95. The smallest absolute Gasteiger partial charge is 0.295 e. The minimum atomic E-state index is -0.891. The SMILES string of the molecule is COc1cc(C2c3c(oc4ccc(F)cc4c3=O)C(=O)N2c2ccc(C(C)=O)cc2)ccc1OCCC(C)C. The van der Waals surface area contributed by atoms with Crippen molar-refractivity contribution in [1.82, 2.24) is 0 Å². The number of ketones is 1. The molecule has 5 rings (SSSR count). The lowest BCUT2D eigenvalue weighted by Crippen LogP contribution is -2.29. The molecule has 1 atom stereocenters. The summed E-state index contributed by atoms with van der Waals surface area (Å²) in [5, 5.41) is 0.0425. The largest absolute Gasteiger partial charge is 0.493 e. The van der Waals surface area contributed by atoms with Gasteiger partial charge in [-0.15, -0.1) is 0 Å². The zero-order valence-electron chi connectivity index (χ0n) is 22.1. The lowest BCUT2D eigenvalue weighted by Gasteiger charge is -2.26. The second kappa shape index (κ2) is 10.4. The van der Waals surface area contributed by atoms with E-state index in [0.717, 1.165) is 12.5 Å². The van der Waals surface area contributed by atoms with Crippen molar-refractivity contribution >= 4 is 28.3 Å². The predicted octanol–water partition coefficient (Wildman–Crippen LogP) is 6.32. The average molecular weight is 530 g/mol. The van der Waals surface area contributed by atoms with E-state index < -0.39 is 23.2 Å². The molecule has 1 aliphatic heterocycles. The summed E-state index contributed by atoms with van der Waals surface area (Å²) in [5.41, 5.74) is 1.25. The number of carbonyl (C=O) groups is 2. The number of Topliss-reactive ketones (excluding diaryl/α,β-unsaturated/α-hetero) is 1. The molecule has 0 bridgehead atoms. The molecule has 0 fully saturated rings. The Morgan fingerprint density at radius 1 is 1.03 bits per heavy atom. The third kappa shape index (κ3) is 4.78. The lowest BCUT2D eigenvalue weighted by molar-refractivity contribution is 0.0970. The summed E-state index contributed by atoms with van der Waals surface area (Å²) < 4.78 is 31.5. The molecule has 3 aromatic carbocycles. The highest BCUT2D eigenvalue weighted by atomic mass is 19.1. The van der Waals surface area contributed by atoms with Crippen LogP contribution in [0.25, 0.3) is 11.0 Å². The van der Waals surface area contributed by atoms with E-state index in [9.17, 15) is 18.8 Å². The first-order valence-corrected chi connectivity index (χ1v) is 12.7. The molecule has 7 nitrogen and oxygen atoms in total. The molecule has 8 heteroatoms. The standard InChI is InChI=1S/C31H28FNO6/c1-17(2)13-14-38-25-11-7-20(15-26(25)37-4)28-27-29(35)23-16-21(32)8-12-24(23)39-30(27)31(36)33(28)22-9-5-19(6-10-22)18(3)34/h5-12,15-17,28H,13-14H2,1-4H3. The number of benzene rings is 3. The number of hydrogen-bond acceptors (Lipinski definition) is 6. The van der Waals surface area contributed by atoms with Crippen LogP contribution in [0.4, 0.5) is 10.1 Å². The molecule has 39 heavy (non-hydrogen) atoms. The van der Waals surface area contributed by atoms with Gasteiger partial charge < -0.3 is 13.9 Å². The van der Waals surface area contributed by atoms with E-state index in [1.165, 1.54) is 31.1 Å². The van der Waals surface area contributed by atoms with E-state index >= 15 is 0 Å². The predicted molar refractivity (Wildman–Crippen MR) is 145 cm³/mol. The zero-order chi connectivity index (χ0) is 27.8. The Bertz CT molecular complexity index is 1640. The van der Waals surface area contributed by atoms with Crippen LogP contribution in [-0.2, 0) is 0 Å². The third-order valence-corrected chi connectivity index (χ3v) is 6.84. The molecule has 0 saturated heterocycles. The summed E-state index contributed by atoms with van der Waals surface area (Å²) in [6.45, 7) is 6.18. The molecular formula is C31H28FNO6. The molecule has 0 spiro atoms. The van der Waals surface area contributed by atoms with Crippen molar-refractivity contribution in [1.29, 1.82) is 0 Å². The van der Waals surface area contributed by atoms with Crippen LogP contribution in [0.1, 0.15) is 65.3 Å². The van der Waals surface area contributed by atoms with Crippen LogP contribution in [0, 0.1) is 11.7 Å². The van der Waals surface area contributed by atoms with E-state index in [0.29, 0.717) is 40.8 Å². The summed E-state index contributed by atoms with van der Waals surface area (Å²) in [7, 11) is 1.52. The second-order valence-electron chi connectivity index (χ2n) is 9.94. The maximum absolute atomic E-state index is 14.1. The van der Waals surface area contributed by atoms with Crippen LogP contribution >= 0.6 is 0 Å².